The molecule has 0 fully saturated rings. The number of rotatable bonds is 6. The summed E-state index contributed by atoms with van der Waals surface area (Å²) < 4.78 is 1.34. The number of aromatic nitrogens is 4. The van der Waals surface area contributed by atoms with Crippen LogP contribution in [0.15, 0.2) is 52.6 Å². The van der Waals surface area contributed by atoms with Crippen LogP contribution >= 0.6 is 11.3 Å². The van der Waals surface area contributed by atoms with Crippen molar-refractivity contribution in [2.45, 2.75) is 20.0 Å². The molecule has 0 atom stereocenters. The van der Waals surface area contributed by atoms with E-state index < -0.39 is 0 Å². The molecule has 0 saturated heterocycles. The number of aryl methyl sites for hydroxylation is 1. The van der Waals surface area contributed by atoms with Crippen LogP contribution in [0.2, 0.25) is 0 Å². The molecule has 0 unspecified atom stereocenters. The zero-order valence-corrected chi connectivity index (χ0v) is 15.0. The molecule has 7 nitrogen and oxygen atoms in total. The Labute approximate surface area is 153 Å². The van der Waals surface area contributed by atoms with E-state index in [0.717, 1.165) is 11.3 Å². The molecule has 3 aromatic heterocycles. The van der Waals surface area contributed by atoms with E-state index in [1.165, 1.54) is 15.5 Å². The van der Waals surface area contributed by atoms with Crippen LogP contribution in [-0.2, 0) is 13.1 Å². The summed E-state index contributed by atoms with van der Waals surface area (Å²) in [6.07, 6.45) is 0. The molecule has 8 heteroatoms. The van der Waals surface area contributed by atoms with Gasteiger partial charge in [-0.15, -0.1) is 11.3 Å². The van der Waals surface area contributed by atoms with E-state index in [4.69, 9.17) is 0 Å². The fourth-order valence-corrected chi connectivity index (χ4v) is 3.28. The number of para-hydroxylation sites is 1. The van der Waals surface area contributed by atoms with Crippen molar-refractivity contribution in [3.05, 3.63) is 74.3 Å². The highest BCUT2D eigenvalue weighted by molar-refractivity contribution is 7.09. The molecular weight excluding hydrogens is 348 g/mol. The lowest BCUT2D eigenvalue weighted by molar-refractivity contribution is 0.875. The zero-order valence-electron chi connectivity index (χ0n) is 14.2. The smallest absolute Gasteiger partial charge is 0.274 e. The third-order valence-corrected chi connectivity index (χ3v) is 4.88. The molecule has 3 heterocycles. The molecule has 0 radical (unpaired) electrons. The molecule has 26 heavy (non-hydrogen) atoms. The van der Waals surface area contributed by atoms with Gasteiger partial charge in [0.2, 0.25) is 5.95 Å². The van der Waals surface area contributed by atoms with Gasteiger partial charge < -0.3 is 10.6 Å². The van der Waals surface area contributed by atoms with Crippen molar-refractivity contribution < 1.29 is 0 Å². The third-order valence-electron chi connectivity index (χ3n) is 4.00. The van der Waals surface area contributed by atoms with E-state index in [1.807, 2.05) is 48.7 Å². The predicted octanol–water partition coefficient (Wildman–Crippen LogP) is 3.01. The molecule has 0 saturated carbocycles. The summed E-state index contributed by atoms with van der Waals surface area (Å²) in [5.74, 6) is 0.875. The number of H-pyrrole nitrogens is 1. The van der Waals surface area contributed by atoms with Crippen molar-refractivity contribution in [1.29, 1.82) is 0 Å². The Morgan fingerprint density at radius 3 is 2.81 bits per heavy atom. The second-order valence-corrected chi connectivity index (χ2v) is 6.93. The fourth-order valence-electron chi connectivity index (χ4n) is 2.64. The van der Waals surface area contributed by atoms with Crippen LogP contribution in [0.3, 0.4) is 0 Å². The van der Waals surface area contributed by atoms with Crippen molar-refractivity contribution >= 4 is 28.8 Å². The fraction of sp³-hybridized carbons (Fsp3) is 0.167. The van der Waals surface area contributed by atoms with Crippen molar-refractivity contribution in [2.24, 2.45) is 0 Å². The first-order valence-corrected chi connectivity index (χ1v) is 9.11. The van der Waals surface area contributed by atoms with Gasteiger partial charge >= 0.3 is 0 Å². The van der Waals surface area contributed by atoms with Crippen LogP contribution in [0.5, 0.6) is 0 Å². The molecule has 0 aliphatic rings. The molecule has 0 aliphatic heterocycles. The Morgan fingerprint density at radius 2 is 2.00 bits per heavy atom. The number of hydrogen-bond donors (Lipinski definition) is 3. The van der Waals surface area contributed by atoms with Crippen LogP contribution in [0.25, 0.3) is 5.78 Å². The lowest BCUT2D eigenvalue weighted by atomic mass is 10.2. The van der Waals surface area contributed by atoms with Gasteiger partial charge in [0.05, 0.1) is 18.8 Å². The quantitative estimate of drug-likeness (QED) is 0.488. The maximum absolute atomic E-state index is 12.3. The van der Waals surface area contributed by atoms with Crippen LogP contribution in [0.4, 0.5) is 11.6 Å². The summed E-state index contributed by atoms with van der Waals surface area (Å²) in [6.45, 7) is 3.14. The molecule has 0 spiro atoms. The van der Waals surface area contributed by atoms with E-state index in [9.17, 15) is 4.79 Å². The monoisotopic (exact) mass is 366 g/mol. The summed E-state index contributed by atoms with van der Waals surface area (Å²) in [7, 11) is 0. The summed E-state index contributed by atoms with van der Waals surface area (Å²) in [6, 6.07) is 13.6. The summed E-state index contributed by atoms with van der Waals surface area (Å²) in [5, 5.41) is 11.4. The number of anilines is 2. The van der Waals surface area contributed by atoms with Gasteiger partial charge in [0.1, 0.15) is 0 Å². The molecular formula is C18H18N6OS. The average Bonchev–Trinajstić information content (AvgIpc) is 3.29. The second-order valence-electron chi connectivity index (χ2n) is 5.89. The minimum Gasteiger partial charge on any atom is -0.379 e. The van der Waals surface area contributed by atoms with Crippen LogP contribution in [-0.4, -0.2) is 19.6 Å². The molecule has 4 aromatic rings. The Kier molecular flexibility index (Phi) is 4.40. The molecule has 0 bridgehead atoms. The number of nitrogens with zero attached hydrogens (tertiary/aromatic N) is 3. The molecule has 1 aromatic carbocycles. The Bertz CT molecular complexity index is 1080. The van der Waals surface area contributed by atoms with Gasteiger partial charge in [-0.05, 0) is 30.0 Å². The number of benzene rings is 1. The Hall–Kier alpha value is -3.13. The number of hydrogen-bond acceptors (Lipinski definition) is 6. The first-order chi connectivity index (χ1) is 12.7. The minimum absolute atomic E-state index is 0.187. The highest BCUT2D eigenvalue weighted by Crippen LogP contribution is 2.14. The average molecular weight is 366 g/mol. The standard InChI is InChI=1S/C18H18N6OS/c1-12-5-2-3-7-15(12)19-10-13-9-16(25)24-18(21-13)22-17(23-24)20-11-14-6-4-8-26-14/h2-9,19H,10-11H2,1H3,(H2,20,21,22,23). The van der Waals surface area contributed by atoms with E-state index in [1.54, 1.807) is 11.3 Å². The lowest BCUT2D eigenvalue weighted by Crippen LogP contribution is -2.17. The minimum atomic E-state index is -0.187. The van der Waals surface area contributed by atoms with Gasteiger partial charge in [-0.3, -0.25) is 9.89 Å². The number of nitrogens with one attached hydrogen (secondary N) is 3. The summed E-state index contributed by atoms with van der Waals surface area (Å²) in [4.78, 5) is 22.3. The largest absolute Gasteiger partial charge is 0.379 e. The first-order valence-electron chi connectivity index (χ1n) is 8.23. The zero-order chi connectivity index (χ0) is 17.9. The van der Waals surface area contributed by atoms with E-state index in [2.05, 4.69) is 25.7 Å². The van der Waals surface area contributed by atoms with Gasteiger partial charge in [0, 0.05) is 16.6 Å². The van der Waals surface area contributed by atoms with Crippen molar-refractivity contribution in [3.63, 3.8) is 0 Å². The van der Waals surface area contributed by atoms with Crippen molar-refractivity contribution in [1.82, 2.24) is 19.6 Å². The maximum atomic E-state index is 12.3. The van der Waals surface area contributed by atoms with E-state index >= 15 is 0 Å². The highest BCUT2D eigenvalue weighted by atomic mass is 32.1. The van der Waals surface area contributed by atoms with Crippen LogP contribution < -0.4 is 16.2 Å². The SMILES string of the molecule is Cc1ccccc1NCc1cc(=O)n2[nH]c(NCc3cccs3)nc2n1. The number of fused-ring (bicyclic) bond motifs is 1. The van der Waals surface area contributed by atoms with E-state index in [0.29, 0.717) is 30.5 Å². The number of thiophene rings is 1. The maximum Gasteiger partial charge on any atom is 0.274 e. The van der Waals surface area contributed by atoms with Gasteiger partial charge in [0.25, 0.3) is 11.3 Å². The second kappa shape index (κ2) is 7.01. The van der Waals surface area contributed by atoms with Gasteiger partial charge in [0.15, 0.2) is 0 Å². The lowest BCUT2D eigenvalue weighted by Gasteiger charge is -2.08. The third kappa shape index (κ3) is 3.45. The number of aromatic amines is 1. The van der Waals surface area contributed by atoms with Crippen LogP contribution in [0.1, 0.15) is 16.1 Å². The normalized spacial score (nSPS) is 11.0. The van der Waals surface area contributed by atoms with Crippen molar-refractivity contribution in [2.75, 3.05) is 10.6 Å². The van der Waals surface area contributed by atoms with E-state index in [-0.39, 0.29) is 5.56 Å². The Morgan fingerprint density at radius 1 is 1.12 bits per heavy atom. The van der Waals surface area contributed by atoms with Gasteiger partial charge in [-0.1, -0.05) is 24.3 Å². The molecule has 132 valence electrons. The van der Waals surface area contributed by atoms with Crippen molar-refractivity contribution in [3.8, 4) is 0 Å². The van der Waals surface area contributed by atoms with Crippen LogP contribution in [0, 0.1) is 6.92 Å². The topological polar surface area (TPSA) is 87.1 Å². The summed E-state index contributed by atoms with van der Waals surface area (Å²) >= 11 is 1.66. The molecule has 3 N–H and O–H groups in total. The summed E-state index contributed by atoms with van der Waals surface area (Å²) in [5.41, 5.74) is 2.63. The molecule has 0 aliphatic carbocycles. The van der Waals surface area contributed by atoms with Gasteiger partial charge in [-0.25, -0.2) is 4.98 Å². The predicted molar refractivity (Wildman–Crippen MR) is 104 cm³/mol. The molecule has 4 rings (SSSR count). The first kappa shape index (κ1) is 16.3. The van der Waals surface area contributed by atoms with Gasteiger partial charge in [-0.2, -0.15) is 9.50 Å². The molecule has 0 amide bonds. The highest BCUT2D eigenvalue weighted by Gasteiger charge is 2.08. The Balaban J connectivity index is 1.52.